The van der Waals surface area contributed by atoms with Gasteiger partial charge in [0.25, 0.3) is 0 Å². The number of hydrogen-bond donors (Lipinski definition) is 0. The number of piperidine rings is 1. The Bertz CT molecular complexity index is 1420. The maximum absolute atomic E-state index is 15.2. The molecular formula is C25H24F5N5O2S. The Morgan fingerprint density at radius 2 is 1.58 bits per heavy atom. The summed E-state index contributed by atoms with van der Waals surface area (Å²) >= 11 is 0. The van der Waals surface area contributed by atoms with E-state index in [9.17, 15) is 21.6 Å². The molecule has 2 aliphatic heterocycles. The topological polar surface area (TPSA) is 71.3 Å². The second-order valence-electron chi connectivity index (χ2n) is 10.2. The number of aromatic nitrogens is 3. The van der Waals surface area contributed by atoms with Crippen molar-refractivity contribution < 1.29 is 30.4 Å². The summed E-state index contributed by atoms with van der Waals surface area (Å²) in [6.07, 6.45) is -2.33. The summed E-state index contributed by atoms with van der Waals surface area (Å²) < 4.78 is 101. The van der Waals surface area contributed by atoms with Crippen LogP contribution in [0.4, 0.5) is 27.6 Å². The van der Waals surface area contributed by atoms with Crippen molar-refractivity contribution in [1.29, 1.82) is 0 Å². The first kappa shape index (κ1) is 25.2. The second-order valence-corrected chi connectivity index (χ2v) is 12.2. The van der Waals surface area contributed by atoms with Crippen LogP contribution in [0.2, 0.25) is 0 Å². The van der Waals surface area contributed by atoms with Gasteiger partial charge in [0.05, 0.1) is 5.69 Å². The standard InChI is InChI=1S/C25H24F5N5O2S/c26-19-9-21(33-11-17-18(12-33)24(17)34-13-31-32-14-34)20(27)8-16(19)10-35-23(25(28,29)30)7-6-22(38(35,36)37)15-4-2-1-3-5-15/h1-5,8-9,13-14,17-18,22-24H,6-7,10-12H2/t17-,18+,22-,23-,24-/m1/s1. The minimum Gasteiger partial charge on any atom is -0.368 e. The number of halogens is 5. The fraction of sp³-hybridized carbons (Fsp3) is 0.440. The Morgan fingerprint density at radius 1 is 0.921 bits per heavy atom. The highest BCUT2D eigenvalue weighted by atomic mass is 32.2. The van der Waals surface area contributed by atoms with Crippen LogP contribution in [0.15, 0.2) is 55.1 Å². The number of fused-ring (bicyclic) bond motifs is 1. The zero-order valence-electron chi connectivity index (χ0n) is 20.0. The summed E-state index contributed by atoms with van der Waals surface area (Å²) in [5, 5.41) is 6.39. The van der Waals surface area contributed by atoms with Gasteiger partial charge in [-0.05, 0) is 24.5 Å². The molecule has 0 unspecified atom stereocenters. The Labute approximate surface area is 215 Å². The van der Waals surface area contributed by atoms with Crippen molar-refractivity contribution in [3.8, 4) is 0 Å². The Balaban J connectivity index is 1.25. The third kappa shape index (κ3) is 4.25. The molecule has 7 nitrogen and oxygen atoms in total. The fourth-order valence-electron chi connectivity index (χ4n) is 6.08. The van der Waals surface area contributed by atoms with Gasteiger partial charge in [0.15, 0.2) is 0 Å². The van der Waals surface area contributed by atoms with Crippen LogP contribution in [0, 0.1) is 23.5 Å². The molecule has 0 spiro atoms. The number of hydrogen-bond acceptors (Lipinski definition) is 5. The molecule has 5 atom stereocenters. The lowest BCUT2D eigenvalue weighted by molar-refractivity contribution is -0.176. The average molecular weight is 554 g/mol. The average Bonchev–Trinajstić information content (AvgIpc) is 3.23. The first-order valence-electron chi connectivity index (χ1n) is 12.2. The summed E-state index contributed by atoms with van der Waals surface area (Å²) in [6.45, 7) is 0.0527. The molecule has 13 heteroatoms. The summed E-state index contributed by atoms with van der Waals surface area (Å²) in [5.41, 5.74) is -0.0704. The van der Waals surface area contributed by atoms with Gasteiger partial charge in [0.2, 0.25) is 10.0 Å². The molecule has 3 aromatic rings. The molecule has 1 saturated carbocycles. The van der Waals surface area contributed by atoms with Gasteiger partial charge in [-0.1, -0.05) is 30.3 Å². The zero-order valence-corrected chi connectivity index (χ0v) is 20.8. The van der Waals surface area contributed by atoms with Crippen molar-refractivity contribution in [3.05, 3.63) is 77.9 Å². The molecule has 38 heavy (non-hydrogen) atoms. The molecular weight excluding hydrogens is 529 g/mol. The van der Waals surface area contributed by atoms with Crippen molar-refractivity contribution >= 4 is 15.7 Å². The number of alkyl halides is 3. The highest BCUT2D eigenvalue weighted by Gasteiger charge is 2.57. The molecule has 3 heterocycles. The summed E-state index contributed by atoms with van der Waals surface area (Å²) in [6, 6.07) is 7.62. The highest BCUT2D eigenvalue weighted by Crippen LogP contribution is 2.56. The molecule has 2 aromatic carbocycles. The van der Waals surface area contributed by atoms with Gasteiger partial charge < -0.3 is 9.47 Å². The smallest absolute Gasteiger partial charge is 0.368 e. The van der Waals surface area contributed by atoms with E-state index < -0.39 is 57.7 Å². The number of nitrogens with zero attached hydrogens (tertiary/aromatic N) is 5. The van der Waals surface area contributed by atoms with Gasteiger partial charge in [-0.25, -0.2) is 17.2 Å². The molecule has 1 aliphatic carbocycles. The number of sulfonamides is 1. The van der Waals surface area contributed by atoms with Crippen LogP contribution in [0.5, 0.6) is 0 Å². The fourth-order valence-corrected chi connectivity index (χ4v) is 8.24. The van der Waals surface area contributed by atoms with Crippen LogP contribution >= 0.6 is 0 Å². The van der Waals surface area contributed by atoms with Gasteiger partial charge in [-0.2, -0.15) is 17.5 Å². The van der Waals surface area contributed by atoms with Crippen LogP contribution in [0.25, 0.3) is 0 Å². The van der Waals surface area contributed by atoms with E-state index in [1.54, 1.807) is 35.8 Å². The van der Waals surface area contributed by atoms with E-state index in [1.807, 2.05) is 4.57 Å². The Morgan fingerprint density at radius 3 is 2.21 bits per heavy atom. The molecule has 0 N–H and O–H groups in total. The van der Waals surface area contributed by atoms with Crippen LogP contribution in [0.3, 0.4) is 0 Å². The van der Waals surface area contributed by atoms with Gasteiger partial charge in [-0.3, -0.25) is 0 Å². The van der Waals surface area contributed by atoms with Crippen molar-refractivity contribution in [2.75, 3.05) is 18.0 Å². The molecule has 6 rings (SSSR count). The maximum atomic E-state index is 15.2. The second kappa shape index (κ2) is 9.01. The quantitative estimate of drug-likeness (QED) is 0.437. The van der Waals surface area contributed by atoms with Gasteiger partial charge in [0.1, 0.15) is 35.6 Å². The van der Waals surface area contributed by atoms with Gasteiger partial charge in [-0.15, -0.1) is 10.2 Å². The van der Waals surface area contributed by atoms with Crippen molar-refractivity contribution in [2.45, 2.75) is 42.9 Å². The number of benzene rings is 2. The maximum Gasteiger partial charge on any atom is 0.405 e. The highest BCUT2D eigenvalue weighted by molar-refractivity contribution is 7.89. The van der Waals surface area contributed by atoms with E-state index in [2.05, 4.69) is 10.2 Å². The predicted molar refractivity (Wildman–Crippen MR) is 127 cm³/mol. The molecule has 202 valence electrons. The molecule has 0 amide bonds. The lowest BCUT2D eigenvalue weighted by Crippen LogP contribution is -2.52. The minimum absolute atomic E-state index is 0.0111. The summed E-state index contributed by atoms with van der Waals surface area (Å²) in [4.78, 5) is 1.71. The van der Waals surface area contributed by atoms with Crippen molar-refractivity contribution in [1.82, 2.24) is 19.1 Å². The number of anilines is 1. The van der Waals surface area contributed by atoms with E-state index in [0.29, 0.717) is 23.0 Å². The first-order chi connectivity index (χ1) is 18.1. The lowest BCUT2D eigenvalue weighted by atomic mass is 10.0. The largest absolute Gasteiger partial charge is 0.405 e. The van der Waals surface area contributed by atoms with Gasteiger partial charge in [0, 0.05) is 49.1 Å². The predicted octanol–water partition coefficient (Wildman–Crippen LogP) is 4.46. The van der Waals surface area contributed by atoms with Crippen LogP contribution in [-0.2, 0) is 16.6 Å². The van der Waals surface area contributed by atoms with Gasteiger partial charge >= 0.3 is 6.18 Å². The third-order valence-corrected chi connectivity index (χ3v) is 10.3. The van der Waals surface area contributed by atoms with E-state index in [4.69, 9.17) is 0 Å². The normalized spacial score (nSPS) is 28.9. The van der Waals surface area contributed by atoms with Crippen LogP contribution in [-0.4, -0.2) is 52.8 Å². The van der Waals surface area contributed by atoms with E-state index in [0.717, 1.165) is 12.1 Å². The van der Waals surface area contributed by atoms with Crippen LogP contribution in [0.1, 0.15) is 35.3 Å². The lowest BCUT2D eigenvalue weighted by Gasteiger charge is -2.40. The zero-order chi connectivity index (χ0) is 26.8. The Hall–Kier alpha value is -3.06. The molecule has 3 fully saturated rings. The Kier molecular flexibility index (Phi) is 5.98. The van der Waals surface area contributed by atoms with Crippen molar-refractivity contribution in [2.24, 2.45) is 11.8 Å². The molecule has 1 aromatic heterocycles. The molecule has 2 saturated heterocycles. The summed E-state index contributed by atoms with van der Waals surface area (Å²) in [5.74, 6) is -1.29. The first-order valence-corrected chi connectivity index (χ1v) is 13.8. The molecule has 0 radical (unpaired) electrons. The van der Waals surface area contributed by atoms with E-state index in [1.165, 1.54) is 12.1 Å². The third-order valence-electron chi connectivity index (χ3n) is 8.00. The SMILES string of the molecule is O=S1(=O)[C@@H](c2ccccc2)CC[C@H](C(F)(F)F)N1Cc1cc(F)c(N2C[C@@H]3[C@H](C2)[C@@H]3n2cnnc2)cc1F. The number of rotatable bonds is 5. The molecule has 0 bridgehead atoms. The van der Waals surface area contributed by atoms with Crippen molar-refractivity contribution in [3.63, 3.8) is 0 Å². The minimum atomic E-state index is -4.86. The molecule has 3 aliphatic rings. The summed E-state index contributed by atoms with van der Waals surface area (Å²) in [7, 11) is -4.53. The van der Waals surface area contributed by atoms with E-state index in [-0.39, 0.29) is 30.0 Å². The van der Waals surface area contributed by atoms with Crippen LogP contribution < -0.4 is 4.90 Å². The van der Waals surface area contributed by atoms with E-state index >= 15 is 8.78 Å². The monoisotopic (exact) mass is 553 g/mol.